The Balaban J connectivity index is 1.81. The molecule has 7 nitrogen and oxygen atoms in total. The topological polar surface area (TPSA) is 105 Å². The highest BCUT2D eigenvalue weighted by Crippen LogP contribution is 2.24. The van der Waals surface area contributed by atoms with Crippen LogP contribution in [0.4, 0.5) is 11.4 Å². The number of ketones is 1. The maximum Gasteiger partial charge on any atom is 0.293 e. The second kappa shape index (κ2) is 6.79. The number of benzene rings is 2. The quantitative estimate of drug-likeness (QED) is 0.647. The van der Waals surface area contributed by atoms with Crippen LogP contribution in [0.2, 0.25) is 0 Å². The van der Waals surface area contributed by atoms with E-state index in [2.05, 4.69) is 10.4 Å². The van der Waals surface area contributed by atoms with Crippen LogP contribution in [-0.4, -0.2) is 23.4 Å². The number of Topliss-reactive ketones (excluding diaryl/α,β-unsaturated/α-hetero) is 1. The molecular formula is C19H18N4O3. The summed E-state index contributed by atoms with van der Waals surface area (Å²) in [5.74, 6) is -4.08. The van der Waals surface area contributed by atoms with Gasteiger partial charge in [-0.2, -0.15) is 10.1 Å². The van der Waals surface area contributed by atoms with E-state index in [-0.39, 0.29) is 5.84 Å². The number of hydrazone groups is 1. The van der Waals surface area contributed by atoms with Crippen LogP contribution >= 0.6 is 0 Å². The van der Waals surface area contributed by atoms with E-state index in [1.165, 1.54) is 0 Å². The van der Waals surface area contributed by atoms with Crippen molar-refractivity contribution in [3.63, 3.8) is 0 Å². The monoisotopic (exact) mass is 350 g/mol. The first-order valence-electron chi connectivity index (χ1n) is 8.04. The molecular weight excluding hydrogens is 332 g/mol. The van der Waals surface area contributed by atoms with E-state index in [0.717, 1.165) is 16.1 Å². The molecule has 132 valence electrons. The second-order valence-electron chi connectivity index (χ2n) is 6.03. The van der Waals surface area contributed by atoms with Crippen molar-refractivity contribution >= 4 is 34.8 Å². The highest BCUT2D eigenvalue weighted by atomic mass is 16.2. The van der Waals surface area contributed by atoms with Gasteiger partial charge in [0.1, 0.15) is 5.84 Å². The molecule has 0 aromatic heterocycles. The fourth-order valence-corrected chi connectivity index (χ4v) is 2.79. The Morgan fingerprint density at radius 1 is 1.04 bits per heavy atom. The van der Waals surface area contributed by atoms with Gasteiger partial charge in [-0.25, -0.2) is 0 Å². The van der Waals surface area contributed by atoms with Gasteiger partial charge in [0, 0.05) is 5.69 Å². The summed E-state index contributed by atoms with van der Waals surface area (Å²) < 4.78 is 0. The maximum atomic E-state index is 12.6. The number of hydrogen-bond donors (Lipinski definition) is 2. The summed E-state index contributed by atoms with van der Waals surface area (Å²) >= 11 is 0. The Kier molecular flexibility index (Phi) is 4.53. The highest BCUT2D eigenvalue weighted by molar-refractivity contribution is 6.50. The van der Waals surface area contributed by atoms with Crippen LogP contribution in [0, 0.1) is 19.8 Å². The molecule has 0 saturated carbocycles. The maximum absolute atomic E-state index is 12.6. The van der Waals surface area contributed by atoms with E-state index >= 15 is 0 Å². The summed E-state index contributed by atoms with van der Waals surface area (Å²) in [5.41, 5.74) is 8.43. The molecule has 0 unspecified atom stereocenters. The lowest BCUT2D eigenvalue weighted by atomic mass is 10.0. The van der Waals surface area contributed by atoms with E-state index in [9.17, 15) is 14.4 Å². The number of rotatable bonds is 4. The minimum atomic E-state index is -1.42. The Morgan fingerprint density at radius 2 is 1.65 bits per heavy atom. The predicted octanol–water partition coefficient (Wildman–Crippen LogP) is 1.75. The molecule has 26 heavy (non-hydrogen) atoms. The predicted molar refractivity (Wildman–Crippen MR) is 98.6 cm³/mol. The lowest BCUT2D eigenvalue weighted by Crippen LogP contribution is -2.41. The molecule has 2 aromatic rings. The molecule has 3 N–H and O–H groups in total. The van der Waals surface area contributed by atoms with Crippen LogP contribution in [0.5, 0.6) is 0 Å². The summed E-state index contributed by atoms with van der Waals surface area (Å²) in [6, 6.07) is 14.1. The average Bonchev–Trinajstić information content (AvgIpc) is 2.92. The van der Waals surface area contributed by atoms with Gasteiger partial charge in [-0.1, -0.05) is 36.4 Å². The van der Waals surface area contributed by atoms with E-state index < -0.39 is 23.5 Å². The van der Waals surface area contributed by atoms with Crippen LogP contribution in [0.25, 0.3) is 0 Å². The molecule has 7 heteroatoms. The molecule has 0 fully saturated rings. The van der Waals surface area contributed by atoms with Gasteiger partial charge in [-0.15, -0.1) is 0 Å². The van der Waals surface area contributed by atoms with Gasteiger partial charge >= 0.3 is 0 Å². The normalized spacial score (nSPS) is 16.4. The zero-order valence-corrected chi connectivity index (χ0v) is 14.4. The standard InChI is InChI=1S/C19H18N4O3/c1-11-7-6-8-12(2)15(11)21-18(25)16(24)14-17(20)22-23(19(14)26)13-9-4-3-5-10-13/h3-10,14H,1-2H3,(H2,20,22)(H,21,25)/t14-/m1/s1. The van der Waals surface area contributed by atoms with Crippen molar-refractivity contribution in [1.29, 1.82) is 0 Å². The zero-order valence-electron chi connectivity index (χ0n) is 14.4. The van der Waals surface area contributed by atoms with Crippen LogP contribution in [0.1, 0.15) is 11.1 Å². The minimum absolute atomic E-state index is 0.194. The number of hydrogen-bond acceptors (Lipinski definition) is 5. The van der Waals surface area contributed by atoms with Crippen molar-refractivity contribution in [2.75, 3.05) is 10.3 Å². The first kappa shape index (κ1) is 17.3. The number of para-hydroxylation sites is 2. The second-order valence-corrected chi connectivity index (χ2v) is 6.03. The first-order chi connectivity index (χ1) is 12.4. The van der Waals surface area contributed by atoms with Gasteiger partial charge in [0.15, 0.2) is 5.92 Å². The molecule has 0 aliphatic carbocycles. The van der Waals surface area contributed by atoms with Crippen LogP contribution < -0.4 is 16.1 Å². The molecule has 1 aliphatic rings. The lowest BCUT2D eigenvalue weighted by Gasteiger charge is -2.14. The Labute approximate surface area is 150 Å². The fourth-order valence-electron chi connectivity index (χ4n) is 2.79. The van der Waals surface area contributed by atoms with Crippen molar-refractivity contribution in [1.82, 2.24) is 0 Å². The number of carbonyl (C=O) groups excluding carboxylic acids is 3. The smallest absolute Gasteiger partial charge is 0.293 e. The Morgan fingerprint density at radius 3 is 2.27 bits per heavy atom. The van der Waals surface area contributed by atoms with Gasteiger partial charge in [-0.3, -0.25) is 14.4 Å². The Bertz CT molecular complexity index is 901. The molecule has 0 radical (unpaired) electrons. The SMILES string of the molecule is Cc1cccc(C)c1NC(=O)C(=O)[C@H]1C(=O)N(c2ccccc2)N=C1N. The van der Waals surface area contributed by atoms with Crippen molar-refractivity contribution in [2.24, 2.45) is 16.8 Å². The average molecular weight is 350 g/mol. The van der Waals surface area contributed by atoms with Gasteiger partial charge in [-0.05, 0) is 37.1 Å². The van der Waals surface area contributed by atoms with Crippen molar-refractivity contribution in [3.05, 3.63) is 59.7 Å². The summed E-state index contributed by atoms with van der Waals surface area (Å²) in [7, 11) is 0. The molecule has 1 heterocycles. The number of anilines is 2. The number of amides is 2. The summed E-state index contributed by atoms with van der Waals surface area (Å²) in [4.78, 5) is 37.5. The third-order valence-corrected chi connectivity index (χ3v) is 4.17. The Hall–Kier alpha value is -3.48. The summed E-state index contributed by atoms with van der Waals surface area (Å²) in [6.45, 7) is 3.64. The van der Waals surface area contributed by atoms with Gasteiger partial charge < -0.3 is 11.1 Å². The largest absolute Gasteiger partial charge is 0.385 e. The third kappa shape index (κ3) is 3.06. The zero-order chi connectivity index (χ0) is 18.8. The van der Waals surface area contributed by atoms with Crippen molar-refractivity contribution < 1.29 is 14.4 Å². The summed E-state index contributed by atoms with van der Waals surface area (Å²) in [6.07, 6.45) is 0. The molecule has 3 rings (SSSR count). The van der Waals surface area contributed by atoms with Crippen LogP contribution in [0.3, 0.4) is 0 Å². The van der Waals surface area contributed by atoms with E-state index in [1.54, 1.807) is 30.3 Å². The van der Waals surface area contributed by atoms with Crippen LogP contribution in [0.15, 0.2) is 53.6 Å². The van der Waals surface area contributed by atoms with E-state index in [4.69, 9.17) is 5.73 Å². The van der Waals surface area contributed by atoms with Gasteiger partial charge in [0.05, 0.1) is 5.69 Å². The first-order valence-corrected chi connectivity index (χ1v) is 8.04. The molecule has 0 bridgehead atoms. The van der Waals surface area contributed by atoms with Gasteiger partial charge in [0.2, 0.25) is 5.78 Å². The molecule has 0 saturated heterocycles. The van der Waals surface area contributed by atoms with Crippen molar-refractivity contribution in [3.8, 4) is 0 Å². The van der Waals surface area contributed by atoms with Gasteiger partial charge in [0.25, 0.3) is 11.8 Å². The number of carbonyl (C=O) groups is 3. The lowest BCUT2D eigenvalue weighted by molar-refractivity contribution is -0.138. The molecule has 1 atom stereocenters. The minimum Gasteiger partial charge on any atom is -0.385 e. The van der Waals surface area contributed by atoms with Crippen molar-refractivity contribution in [2.45, 2.75) is 13.8 Å². The van der Waals surface area contributed by atoms with Crippen LogP contribution in [-0.2, 0) is 14.4 Å². The molecule has 0 spiro atoms. The number of aryl methyl sites for hydroxylation is 2. The number of amidine groups is 1. The fraction of sp³-hybridized carbons (Fsp3) is 0.158. The number of nitrogens with one attached hydrogen (secondary N) is 1. The highest BCUT2D eigenvalue weighted by Gasteiger charge is 2.43. The molecule has 1 aliphatic heterocycles. The number of nitrogens with zero attached hydrogens (tertiary/aromatic N) is 2. The summed E-state index contributed by atoms with van der Waals surface area (Å²) in [5, 5.41) is 7.57. The molecule has 2 amide bonds. The number of nitrogens with two attached hydrogens (primary N) is 1. The molecule has 2 aromatic carbocycles. The van der Waals surface area contributed by atoms with E-state index in [1.807, 2.05) is 32.0 Å². The third-order valence-electron chi connectivity index (χ3n) is 4.17. The van der Waals surface area contributed by atoms with E-state index in [0.29, 0.717) is 11.4 Å².